The van der Waals surface area contributed by atoms with Crippen LogP contribution in [0.3, 0.4) is 0 Å². The Morgan fingerprint density at radius 1 is 1.14 bits per heavy atom. The first-order chi connectivity index (χ1) is 6.74. The SMILES string of the molecule is CNCCCC1CCC(C(C)C)CC1. The lowest BCUT2D eigenvalue weighted by Crippen LogP contribution is -2.19. The molecule has 0 aliphatic heterocycles. The van der Waals surface area contributed by atoms with Gasteiger partial charge >= 0.3 is 0 Å². The van der Waals surface area contributed by atoms with Crippen LogP contribution in [0.15, 0.2) is 0 Å². The lowest BCUT2D eigenvalue weighted by atomic mass is 9.76. The van der Waals surface area contributed by atoms with Crippen LogP contribution in [-0.2, 0) is 0 Å². The van der Waals surface area contributed by atoms with Crippen LogP contribution in [0.1, 0.15) is 52.4 Å². The maximum absolute atomic E-state index is 3.23. The molecule has 0 amide bonds. The van der Waals surface area contributed by atoms with E-state index in [0.717, 1.165) is 17.8 Å². The molecule has 0 aromatic carbocycles. The lowest BCUT2D eigenvalue weighted by Gasteiger charge is -2.30. The Morgan fingerprint density at radius 3 is 2.29 bits per heavy atom. The number of nitrogens with one attached hydrogen (secondary N) is 1. The molecule has 1 nitrogen and oxygen atoms in total. The van der Waals surface area contributed by atoms with Crippen molar-refractivity contribution in [3.8, 4) is 0 Å². The highest BCUT2D eigenvalue weighted by atomic mass is 14.8. The summed E-state index contributed by atoms with van der Waals surface area (Å²) >= 11 is 0. The molecular weight excluding hydrogens is 170 g/mol. The molecule has 0 unspecified atom stereocenters. The quantitative estimate of drug-likeness (QED) is 0.666. The van der Waals surface area contributed by atoms with E-state index >= 15 is 0 Å². The van der Waals surface area contributed by atoms with E-state index in [2.05, 4.69) is 26.2 Å². The van der Waals surface area contributed by atoms with E-state index in [0.29, 0.717) is 0 Å². The van der Waals surface area contributed by atoms with Crippen molar-refractivity contribution in [3.63, 3.8) is 0 Å². The first-order valence-corrected chi connectivity index (χ1v) is 6.38. The summed E-state index contributed by atoms with van der Waals surface area (Å²) < 4.78 is 0. The molecule has 0 aromatic heterocycles. The van der Waals surface area contributed by atoms with Crippen LogP contribution in [0.5, 0.6) is 0 Å². The van der Waals surface area contributed by atoms with Gasteiger partial charge in [-0.05, 0) is 57.0 Å². The maximum atomic E-state index is 3.23. The van der Waals surface area contributed by atoms with Crippen molar-refractivity contribution in [2.75, 3.05) is 13.6 Å². The van der Waals surface area contributed by atoms with Gasteiger partial charge < -0.3 is 5.32 Å². The van der Waals surface area contributed by atoms with Crippen LogP contribution in [-0.4, -0.2) is 13.6 Å². The Kier molecular flexibility index (Phi) is 5.54. The standard InChI is InChI=1S/C13H27N/c1-11(2)13-8-6-12(7-9-13)5-4-10-14-3/h11-14H,4-10H2,1-3H3. The van der Waals surface area contributed by atoms with Gasteiger partial charge in [-0.1, -0.05) is 26.7 Å². The minimum absolute atomic E-state index is 0.910. The van der Waals surface area contributed by atoms with Crippen molar-refractivity contribution >= 4 is 0 Å². The largest absolute Gasteiger partial charge is 0.320 e. The Hall–Kier alpha value is -0.0400. The molecule has 1 rings (SSSR count). The van der Waals surface area contributed by atoms with Gasteiger partial charge in [0.2, 0.25) is 0 Å². The Bertz CT molecular complexity index is 134. The number of hydrogen-bond acceptors (Lipinski definition) is 1. The fraction of sp³-hybridized carbons (Fsp3) is 1.00. The average Bonchev–Trinajstić information content (AvgIpc) is 2.19. The zero-order valence-electron chi connectivity index (χ0n) is 10.2. The van der Waals surface area contributed by atoms with Crippen molar-refractivity contribution in [3.05, 3.63) is 0 Å². The predicted molar refractivity (Wildman–Crippen MR) is 63.4 cm³/mol. The molecule has 0 heterocycles. The minimum Gasteiger partial charge on any atom is -0.320 e. The second-order valence-electron chi connectivity index (χ2n) is 5.27. The summed E-state index contributed by atoms with van der Waals surface area (Å²) in [5.41, 5.74) is 0. The summed E-state index contributed by atoms with van der Waals surface area (Å²) in [6.45, 7) is 5.96. The molecule has 0 aromatic rings. The van der Waals surface area contributed by atoms with Gasteiger partial charge in [0.05, 0.1) is 0 Å². The Balaban J connectivity index is 2.09. The average molecular weight is 197 g/mol. The molecule has 14 heavy (non-hydrogen) atoms. The molecule has 0 spiro atoms. The third-order valence-electron chi connectivity index (χ3n) is 3.87. The molecule has 1 saturated carbocycles. The van der Waals surface area contributed by atoms with E-state index in [9.17, 15) is 0 Å². The van der Waals surface area contributed by atoms with Gasteiger partial charge in [-0.25, -0.2) is 0 Å². The number of hydrogen-bond donors (Lipinski definition) is 1. The normalized spacial score (nSPS) is 28.3. The maximum Gasteiger partial charge on any atom is -0.00518 e. The molecule has 1 aliphatic rings. The van der Waals surface area contributed by atoms with E-state index in [4.69, 9.17) is 0 Å². The van der Waals surface area contributed by atoms with Crippen LogP contribution in [0.2, 0.25) is 0 Å². The lowest BCUT2D eigenvalue weighted by molar-refractivity contribution is 0.215. The van der Waals surface area contributed by atoms with Gasteiger partial charge in [0.15, 0.2) is 0 Å². The van der Waals surface area contributed by atoms with Crippen molar-refractivity contribution < 1.29 is 0 Å². The first kappa shape index (κ1) is 12.0. The van der Waals surface area contributed by atoms with E-state index in [1.54, 1.807) is 0 Å². The molecular formula is C13H27N. The van der Waals surface area contributed by atoms with Crippen molar-refractivity contribution in [1.82, 2.24) is 5.32 Å². The highest BCUT2D eigenvalue weighted by molar-refractivity contribution is 4.74. The second kappa shape index (κ2) is 6.44. The molecule has 1 fully saturated rings. The molecule has 0 saturated heterocycles. The van der Waals surface area contributed by atoms with Crippen molar-refractivity contribution in [1.29, 1.82) is 0 Å². The van der Waals surface area contributed by atoms with Gasteiger partial charge in [-0.15, -0.1) is 0 Å². The van der Waals surface area contributed by atoms with Gasteiger partial charge in [-0.2, -0.15) is 0 Å². The van der Waals surface area contributed by atoms with Gasteiger partial charge in [0, 0.05) is 0 Å². The molecule has 0 atom stereocenters. The van der Waals surface area contributed by atoms with Gasteiger partial charge in [0.25, 0.3) is 0 Å². The first-order valence-electron chi connectivity index (χ1n) is 6.38. The summed E-state index contributed by atoms with van der Waals surface area (Å²) in [5, 5.41) is 3.23. The minimum atomic E-state index is 0.910. The second-order valence-corrected chi connectivity index (χ2v) is 5.27. The van der Waals surface area contributed by atoms with E-state index < -0.39 is 0 Å². The summed E-state index contributed by atoms with van der Waals surface area (Å²) in [7, 11) is 2.05. The van der Waals surface area contributed by atoms with E-state index in [1.165, 1.54) is 45.1 Å². The van der Waals surface area contributed by atoms with Crippen LogP contribution < -0.4 is 5.32 Å². The Labute approximate surface area is 89.7 Å². The third kappa shape index (κ3) is 4.00. The van der Waals surface area contributed by atoms with Crippen LogP contribution in [0.4, 0.5) is 0 Å². The van der Waals surface area contributed by atoms with Crippen LogP contribution >= 0.6 is 0 Å². The summed E-state index contributed by atoms with van der Waals surface area (Å²) in [4.78, 5) is 0. The van der Waals surface area contributed by atoms with Gasteiger partial charge in [-0.3, -0.25) is 0 Å². The summed E-state index contributed by atoms with van der Waals surface area (Å²) in [6, 6.07) is 0. The smallest absolute Gasteiger partial charge is 0.00518 e. The number of rotatable bonds is 5. The molecule has 84 valence electrons. The highest BCUT2D eigenvalue weighted by Gasteiger charge is 2.22. The van der Waals surface area contributed by atoms with Crippen molar-refractivity contribution in [2.24, 2.45) is 17.8 Å². The summed E-state index contributed by atoms with van der Waals surface area (Å²) in [6.07, 6.45) is 8.78. The van der Waals surface area contributed by atoms with Crippen molar-refractivity contribution in [2.45, 2.75) is 52.4 Å². The van der Waals surface area contributed by atoms with E-state index in [-0.39, 0.29) is 0 Å². The van der Waals surface area contributed by atoms with Crippen LogP contribution in [0, 0.1) is 17.8 Å². The summed E-state index contributed by atoms with van der Waals surface area (Å²) in [5.74, 6) is 2.97. The Morgan fingerprint density at radius 2 is 1.79 bits per heavy atom. The van der Waals surface area contributed by atoms with Crippen LogP contribution in [0.25, 0.3) is 0 Å². The van der Waals surface area contributed by atoms with Gasteiger partial charge in [0.1, 0.15) is 0 Å². The molecule has 0 radical (unpaired) electrons. The topological polar surface area (TPSA) is 12.0 Å². The fourth-order valence-electron chi connectivity index (χ4n) is 2.71. The fourth-order valence-corrected chi connectivity index (χ4v) is 2.71. The zero-order valence-corrected chi connectivity index (χ0v) is 10.2. The predicted octanol–water partition coefficient (Wildman–Crippen LogP) is 3.45. The highest BCUT2D eigenvalue weighted by Crippen LogP contribution is 2.34. The molecule has 0 bridgehead atoms. The zero-order chi connectivity index (χ0) is 10.4. The molecule has 1 N–H and O–H groups in total. The van der Waals surface area contributed by atoms with E-state index in [1.807, 2.05) is 0 Å². The molecule has 1 aliphatic carbocycles. The molecule has 1 heteroatoms. The monoisotopic (exact) mass is 197 g/mol. The third-order valence-corrected chi connectivity index (χ3v) is 3.87.